The number of amides is 1. The molecule has 0 fully saturated rings. The largest absolute Gasteiger partial charge is 0.493 e. The van der Waals surface area contributed by atoms with Gasteiger partial charge in [-0.1, -0.05) is 41.4 Å². The van der Waals surface area contributed by atoms with Crippen molar-refractivity contribution in [2.24, 2.45) is 5.10 Å². The van der Waals surface area contributed by atoms with Gasteiger partial charge in [-0.2, -0.15) is 5.10 Å². The maximum Gasteiger partial charge on any atom is 0.271 e. The predicted molar refractivity (Wildman–Crippen MR) is 126 cm³/mol. The number of methoxy groups -OCH3 is 1. The molecule has 3 rings (SSSR count). The van der Waals surface area contributed by atoms with Crippen LogP contribution in [0, 0.1) is 0 Å². The van der Waals surface area contributed by atoms with E-state index in [1.807, 2.05) is 25.1 Å². The monoisotopic (exact) mass is 472 g/mol. The third-order valence-electron chi connectivity index (χ3n) is 4.41. The van der Waals surface area contributed by atoms with Crippen LogP contribution in [0.1, 0.15) is 28.4 Å². The number of hydrogen-bond acceptors (Lipinski definition) is 5. The van der Waals surface area contributed by atoms with Crippen LogP contribution < -0.4 is 19.6 Å². The lowest BCUT2D eigenvalue weighted by molar-refractivity contribution is 0.0954. The molecule has 0 aliphatic heterocycles. The highest BCUT2D eigenvalue weighted by atomic mass is 35.5. The van der Waals surface area contributed by atoms with Gasteiger partial charge in [-0.05, 0) is 49.4 Å². The Labute approximate surface area is 196 Å². The van der Waals surface area contributed by atoms with Crippen molar-refractivity contribution in [2.45, 2.75) is 13.5 Å². The summed E-state index contributed by atoms with van der Waals surface area (Å²) >= 11 is 12.3. The summed E-state index contributed by atoms with van der Waals surface area (Å²) in [6.45, 7) is 2.58. The molecule has 1 amide bonds. The zero-order valence-electron chi connectivity index (χ0n) is 17.6. The van der Waals surface area contributed by atoms with Crippen LogP contribution in [0.5, 0.6) is 17.2 Å². The Morgan fingerprint density at radius 2 is 1.78 bits per heavy atom. The minimum absolute atomic E-state index is 0.278. The van der Waals surface area contributed by atoms with Crippen LogP contribution in [-0.4, -0.2) is 25.8 Å². The standard InChI is InChI=1S/C24H22Cl2N2O4/c1-3-31-23-13-16(8-10-22(23)30-2)24(29)28-27-14-18-12-19(25)9-11-21(18)32-15-17-6-4-5-7-20(17)26/h4-14H,3,15H2,1-2H3,(H,28,29)/b27-14+. The molecule has 1 N–H and O–H groups in total. The summed E-state index contributed by atoms with van der Waals surface area (Å²) in [7, 11) is 1.54. The van der Waals surface area contributed by atoms with Crippen molar-refractivity contribution < 1.29 is 19.0 Å². The van der Waals surface area contributed by atoms with Crippen molar-refractivity contribution in [2.75, 3.05) is 13.7 Å². The number of hydrogen-bond donors (Lipinski definition) is 1. The van der Waals surface area contributed by atoms with Gasteiger partial charge in [0.05, 0.1) is 19.9 Å². The molecule has 3 aromatic rings. The second-order valence-corrected chi connectivity index (χ2v) is 7.40. The van der Waals surface area contributed by atoms with Crippen molar-refractivity contribution in [1.82, 2.24) is 5.43 Å². The summed E-state index contributed by atoms with van der Waals surface area (Å²) in [5.41, 5.74) is 4.34. The number of rotatable bonds is 9. The fourth-order valence-corrected chi connectivity index (χ4v) is 3.20. The molecule has 0 aliphatic rings. The van der Waals surface area contributed by atoms with Crippen LogP contribution in [0.15, 0.2) is 65.8 Å². The van der Waals surface area contributed by atoms with E-state index in [9.17, 15) is 4.79 Å². The number of hydrazone groups is 1. The molecule has 0 radical (unpaired) electrons. The number of nitrogens with one attached hydrogen (secondary N) is 1. The molecule has 0 atom stereocenters. The summed E-state index contributed by atoms with van der Waals surface area (Å²) in [5.74, 6) is 1.18. The van der Waals surface area contributed by atoms with Gasteiger partial charge in [0.15, 0.2) is 11.5 Å². The molecule has 0 saturated heterocycles. The Morgan fingerprint density at radius 3 is 2.53 bits per heavy atom. The quantitative estimate of drug-likeness (QED) is 0.318. The molecule has 0 saturated carbocycles. The molecule has 166 valence electrons. The van der Waals surface area contributed by atoms with Crippen LogP contribution >= 0.6 is 23.2 Å². The minimum atomic E-state index is -0.398. The van der Waals surface area contributed by atoms with E-state index in [1.54, 1.807) is 42.5 Å². The zero-order chi connectivity index (χ0) is 22.9. The van der Waals surface area contributed by atoms with Gasteiger partial charge in [0.1, 0.15) is 12.4 Å². The van der Waals surface area contributed by atoms with Crippen LogP contribution in [0.2, 0.25) is 10.0 Å². The number of halogens is 2. The van der Waals surface area contributed by atoms with Crippen molar-refractivity contribution in [1.29, 1.82) is 0 Å². The second kappa shape index (κ2) is 11.4. The van der Waals surface area contributed by atoms with Crippen LogP contribution in [-0.2, 0) is 6.61 Å². The van der Waals surface area contributed by atoms with Crippen LogP contribution in [0.4, 0.5) is 0 Å². The summed E-state index contributed by atoms with van der Waals surface area (Å²) in [6, 6.07) is 17.5. The Balaban J connectivity index is 1.71. The first-order chi connectivity index (χ1) is 15.5. The summed E-state index contributed by atoms with van der Waals surface area (Å²) in [4.78, 5) is 12.5. The topological polar surface area (TPSA) is 69.2 Å². The van der Waals surface area contributed by atoms with E-state index >= 15 is 0 Å². The molecule has 32 heavy (non-hydrogen) atoms. The molecular weight excluding hydrogens is 451 g/mol. The first kappa shape index (κ1) is 23.4. The second-order valence-electron chi connectivity index (χ2n) is 6.56. The fourth-order valence-electron chi connectivity index (χ4n) is 2.83. The first-order valence-corrected chi connectivity index (χ1v) is 10.6. The minimum Gasteiger partial charge on any atom is -0.493 e. The average Bonchev–Trinajstić information content (AvgIpc) is 2.79. The number of benzene rings is 3. The van der Waals surface area contributed by atoms with Crippen molar-refractivity contribution >= 4 is 35.3 Å². The molecule has 0 aromatic heterocycles. The van der Waals surface area contributed by atoms with Gasteiger partial charge in [0.2, 0.25) is 0 Å². The van der Waals surface area contributed by atoms with Crippen molar-refractivity contribution in [3.8, 4) is 17.2 Å². The van der Waals surface area contributed by atoms with E-state index in [0.29, 0.717) is 45.0 Å². The highest BCUT2D eigenvalue weighted by Gasteiger charge is 2.11. The van der Waals surface area contributed by atoms with Gasteiger partial charge < -0.3 is 14.2 Å². The molecule has 0 spiro atoms. The SMILES string of the molecule is CCOc1cc(C(=O)N/N=C/c2cc(Cl)ccc2OCc2ccccc2Cl)ccc1OC. The van der Waals surface area contributed by atoms with Crippen molar-refractivity contribution in [3.05, 3.63) is 87.4 Å². The van der Waals surface area contributed by atoms with Gasteiger partial charge in [0, 0.05) is 26.7 Å². The lowest BCUT2D eigenvalue weighted by Gasteiger charge is -2.11. The van der Waals surface area contributed by atoms with Gasteiger partial charge in [-0.3, -0.25) is 4.79 Å². The molecular formula is C24H22Cl2N2O4. The molecule has 0 bridgehead atoms. The number of carbonyl (C=O) groups excluding carboxylic acids is 1. The summed E-state index contributed by atoms with van der Waals surface area (Å²) < 4.78 is 16.6. The number of ether oxygens (including phenoxy) is 3. The lowest BCUT2D eigenvalue weighted by Crippen LogP contribution is -2.17. The molecule has 3 aromatic carbocycles. The van der Waals surface area contributed by atoms with Gasteiger partial charge in [0.25, 0.3) is 5.91 Å². The normalized spacial score (nSPS) is 10.8. The molecule has 8 heteroatoms. The average molecular weight is 473 g/mol. The maximum atomic E-state index is 12.5. The number of nitrogens with zero attached hydrogens (tertiary/aromatic N) is 1. The number of carbonyl (C=O) groups is 1. The summed E-state index contributed by atoms with van der Waals surface area (Å²) in [5, 5.41) is 5.18. The van der Waals surface area contributed by atoms with Crippen LogP contribution in [0.25, 0.3) is 0 Å². The Kier molecular flexibility index (Phi) is 8.36. The summed E-state index contributed by atoms with van der Waals surface area (Å²) in [6.07, 6.45) is 1.47. The third-order valence-corrected chi connectivity index (χ3v) is 5.01. The van der Waals surface area contributed by atoms with Gasteiger partial charge in [-0.25, -0.2) is 5.43 Å². The third kappa shape index (κ3) is 6.15. The van der Waals surface area contributed by atoms with E-state index in [2.05, 4.69) is 10.5 Å². The van der Waals surface area contributed by atoms with Gasteiger partial charge in [-0.15, -0.1) is 0 Å². The van der Waals surface area contributed by atoms with E-state index in [1.165, 1.54) is 13.3 Å². The molecule has 6 nitrogen and oxygen atoms in total. The first-order valence-electron chi connectivity index (χ1n) is 9.81. The highest BCUT2D eigenvalue weighted by molar-refractivity contribution is 6.31. The van der Waals surface area contributed by atoms with E-state index < -0.39 is 5.91 Å². The molecule has 0 aliphatic carbocycles. The Morgan fingerprint density at radius 1 is 1.00 bits per heavy atom. The van der Waals surface area contributed by atoms with E-state index in [-0.39, 0.29) is 6.61 Å². The maximum absolute atomic E-state index is 12.5. The van der Waals surface area contributed by atoms with Gasteiger partial charge >= 0.3 is 0 Å². The Hall–Kier alpha value is -3.22. The highest BCUT2D eigenvalue weighted by Crippen LogP contribution is 2.28. The lowest BCUT2D eigenvalue weighted by atomic mass is 10.2. The van der Waals surface area contributed by atoms with E-state index in [4.69, 9.17) is 37.4 Å². The smallest absolute Gasteiger partial charge is 0.271 e. The predicted octanol–water partition coefficient (Wildman–Crippen LogP) is 5.74. The zero-order valence-corrected chi connectivity index (χ0v) is 19.1. The van der Waals surface area contributed by atoms with Crippen LogP contribution in [0.3, 0.4) is 0 Å². The Bertz CT molecular complexity index is 1120. The van der Waals surface area contributed by atoms with E-state index in [0.717, 1.165) is 5.56 Å². The molecule has 0 unspecified atom stereocenters. The molecule has 0 heterocycles. The fraction of sp³-hybridized carbons (Fsp3) is 0.167. The van der Waals surface area contributed by atoms with Crippen molar-refractivity contribution in [3.63, 3.8) is 0 Å².